The minimum atomic E-state index is -4.33. The zero-order chi connectivity index (χ0) is 14.2. The number of hydrogen-bond donors (Lipinski definition) is 1. The van der Waals surface area contributed by atoms with Gasteiger partial charge < -0.3 is 14.5 Å². The molecule has 0 fully saturated rings. The topological polar surface area (TPSA) is 34.4 Å². The van der Waals surface area contributed by atoms with Gasteiger partial charge in [0.15, 0.2) is 0 Å². The van der Waals surface area contributed by atoms with Crippen molar-refractivity contribution in [3.63, 3.8) is 0 Å². The van der Waals surface area contributed by atoms with Crippen LogP contribution in [0.4, 0.5) is 13.2 Å². The summed E-state index contributed by atoms with van der Waals surface area (Å²) in [4.78, 5) is 0. The van der Waals surface area contributed by atoms with Crippen LogP contribution in [0.15, 0.2) is 41.0 Å². The Labute approximate surface area is 113 Å². The van der Waals surface area contributed by atoms with Crippen LogP contribution in [0.5, 0.6) is 5.75 Å². The Bertz CT molecular complexity index is 589. The largest absolute Gasteiger partial charge is 0.484 e. The van der Waals surface area contributed by atoms with Crippen LogP contribution in [0.3, 0.4) is 0 Å². The van der Waals surface area contributed by atoms with E-state index in [4.69, 9.17) is 9.15 Å². The van der Waals surface area contributed by atoms with Crippen LogP contribution in [-0.4, -0.2) is 6.54 Å². The van der Waals surface area contributed by atoms with Crippen molar-refractivity contribution in [1.82, 2.24) is 5.32 Å². The Morgan fingerprint density at radius 1 is 1.15 bits per heavy atom. The molecule has 0 saturated heterocycles. The smallest absolute Gasteiger partial charge is 0.416 e. The number of halogens is 3. The Morgan fingerprint density at radius 2 is 1.90 bits per heavy atom. The van der Waals surface area contributed by atoms with Gasteiger partial charge in [-0.1, -0.05) is 0 Å². The lowest BCUT2D eigenvalue weighted by Crippen LogP contribution is -2.30. The van der Waals surface area contributed by atoms with Gasteiger partial charge in [0.1, 0.15) is 17.6 Å². The van der Waals surface area contributed by atoms with Crippen molar-refractivity contribution in [2.75, 3.05) is 6.54 Å². The number of alkyl halides is 3. The zero-order valence-corrected chi connectivity index (χ0v) is 10.4. The first kappa shape index (κ1) is 13.1. The van der Waals surface area contributed by atoms with Gasteiger partial charge in [-0.3, -0.25) is 0 Å². The van der Waals surface area contributed by atoms with E-state index in [1.807, 2.05) is 6.07 Å². The van der Waals surface area contributed by atoms with Gasteiger partial charge >= 0.3 is 6.18 Å². The molecule has 2 heterocycles. The SMILES string of the molecule is FC(F)(F)c1ccc(OC2CNCc3occc32)cc1. The van der Waals surface area contributed by atoms with Gasteiger partial charge in [0.2, 0.25) is 0 Å². The standard InChI is InChI=1S/C14H12F3NO2/c15-14(16,17)9-1-3-10(4-2-9)20-13-8-18-7-12-11(13)5-6-19-12/h1-6,13,18H,7-8H2. The minimum Gasteiger partial charge on any atom is -0.484 e. The molecule has 1 atom stereocenters. The highest BCUT2D eigenvalue weighted by molar-refractivity contribution is 5.31. The summed E-state index contributed by atoms with van der Waals surface area (Å²) >= 11 is 0. The van der Waals surface area contributed by atoms with E-state index in [2.05, 4.69) is 5.32 Å². The number of fused-ring (bicyclic) bond motifs is 1. The highest BCUT2D eigenvalue weighted by Crippen LogP contribution is 2.32. The fourth-order valence-corrected chi connectivity index (χ4v) is 2.20. The summed E-state index contributed by atoms with van der Waals surface area (Å²) in [5.74, 6) is 1.20. The fourth-order valence-electron chi connectivity index (χ4n) is 2.20. The number of ether oxygens (including phenoxy) is 1. The second-order valence-corrected chi connectivity index (χ2v) is 4.56. The molecule has 6 heteroatoms. The van der Waals surface area contributed by atoms with E-state index in [0.717, 1.165) is 23.5 Å². The number of rotatable bonds is 2. The third-order valence-corrected chi connectivity index (χ3v) is 3.20. The molecule has 0 radical (unpaired) electrons. The van der Waals surface area contributed by atoms with Crippen LogP contribution in [0, 0.1) is 0 Å². The number of hydrogen-bond acceptors (Lipinski definition) is 3. The third kappa shape index (κ3) is 2.51. The van der Waals surface area contributed by atoms with Crippen LogP contribution in [0.1, 0.15) is 23.0 Å². The van der Waals surface area contributed by atoms with Crippen molar-refractivity contribution in [2.45, 2.75) is 18.8 Å². The van der Waals surface area contributed by atoms with Crippen molar-refractivity contribution >= 4 is 0 Å². The molecule has 1 aromatic heterocycles. The van der Waals surface area contributed by atoms with Gasteiger partial charge in [-0.15, -0.1) is 0 Å². The summed E-state index contributed by atoms with van der Waals surface area (Å²) in [5.41, 5.74) is 0.249. The average Bonchev–Trinajstić information content (AvgIpc) is 2.88. The fraction of sp³-hybridized carbons (Fsp3) is 0.286. The van der Waals surface area contributed by atoms with E-state index >= 15 is 0 Å². The molecular formula is C14H12F3NO2. The van der Waals surface area contributed by atoms with E-state index in [0.29, 0.717) is 18.8 Å². The van der Waals surface area contributed by atoms with Gasteiger partial charge in [-0.2, -0.15) is 13.2 Å². The van der Waals surface area contributed by atoms with Crippen LogP contribution in [0.25, 0.3) is 0 Å². The van der Waals surface area contributed by atoms with Crippen molar-refractivity contribution < 1.29 is 22.3 Å². The molecule has 1 aromatic carbocycles. The Hall–Kier alpha value is -1.95. The van der Waals surface area contributed by atoms with Gasteiger partial charge in [-0.05, 0) is 30.3 Å². The maximum absolute atomic E-state index is 12.5. The molecule has 20 heavy (non-hydrogen) atoms. The average molecular weight is 283 g/mol. The molecule has 1 N–H and O–H groups in total. The molecule has 1 aliphatic heterocycles. The molecule has 2 aromatic rings. The van der Waals surface area contributed by atoms with E-state index < -0.39 is 11.7 Å². The van der Waals surface area contributed by atoms with Crippen molar-refractivity contribution in [3.8, 4) is 5.75 Å². The lowest BCUT2D eigenvalue weighted by molar-refractivity contribution is -0.137. The molecule has 3 nitrogen and oxygen atoms in total. The molecule has 0 bridgehead atoms. The van der Waals surface area contributed by atoms with Gasteiger partial charge in [0.05, 0.1) is 18.4 Å². The Morgan fingerprint density at radius 3 is 2.60 bits per heavy atom. The van der Waals surface area contributed by atoms with E-state index in [9.17, 15) is 13.2 Å². The molecule has 0 spiro atoms. The molecule has 1 aliphatic rings. The van der Waals surface area contributed by atoms with E-state index in [1.54, 1.807) is 6.26 Å². The summed E-state index contributed by atoms with van der Waals surface area (Å²) < 4.78 is 48.4. The lowest BCUT2D eigenvalue weighted by Gasteiger charge is -2.23. The molecule has 106 valence electrons. The van der Waals surface area contributed by atoms with Crippen molar-refractivity contribution in [2.24, 2.45) is 0 Å². The van der Waals surface area contributed by atoms with E-state index in [1.165, 1.54) is 12.1 Å². The summed E-state index contributed by atoms with van der Waals surface area (Å²) in [5, 5.41) is 3.13. The van der Waals surface area contributed by atoms with Gasteiger partial charge in [0.25, 0.3) is 0 Å². The first-order chi connectivity index (χ1) is 9.54. The maximum atomic E-state index is 12.5. The first-order valence-corrected chi connectivity index (χ1v) is 6.15. The lowest BCUT2D eigenvalue weighted by atomic mass is 10.1. The molecular weight excluding hydrogens is 271 g/mol. The van der Waals surface area contributed by atoms with Crippen molar-refractivity contribution in [1.29, 1.82) is 0 Å². The monoisotopic (exact) mass is 283 g/mol. The first-order valence-electron chi connectivity index (χ1n) is 6.15. The summed E-state index contributed by atoms with van der Waals surface area (Å²) in [6, 6.07) is 6.52. The number of benzene rings is 1. The maximum Gasteiger partial charge on any atom is 0.416 e. The number of furan rings is 1. The van der Waals surface area contributed by atoms with Crippen LogP contribution >= 0.6 is 0 Å². The summed E-state index contributed by atoms with van der Waals surface area (Å²) in [6.45, 7) is 1.22. The quantitative estimate of drug-likeness (QED) is 0.915. The molecule has 0 saturated carbocycles. The normalized spacial score (nSPS) is 18.6. The molecule has 0 aliphatic carbocycles. The third-order valence-electron chi connectivity index (χ3n) is 3.20. The van der Waals surface area contributed by atoms with Crippen LogP contribution in [0.2, 0.25) is 0 Å². The van der Waals surface area contributed by atoms with Gasteiger partial charge in [-0.25, -0.2) is 0 Å². The highest BCUT2D eigenvalue weighted by Gasteiger charge is 2.30. The second kappa shape index (κ2) is 4.86. The summed E-state index contributed by atoms with van der Waals surface area (Å²) in [7, 11) is 0. The Balaban J connectivity index is 1.77. The minimum absolute atomic E-state index is 0.255. The van der Waals surface area contributed by atoms with Crippen molar-refractivity contribution in [3.05, 3.63) is 53.5 Å². The summed E-state index contributed by atoms with van der Waals surface area (Å²) in [6.07, 6.45) is -3.00. The predicted octanol–water partition coefficient (Wildman–Crippen LogP) is 3.52. The number of nitrogens with one attached hydrogen (secondary N) is 1. The predicted molar refractivity (Wildman–Crippen MR) is 65.2 cm³/mol. The van der Waals surface area contributed by atoms with Gasteiger partial charge in [0, 0.05) is 12.1 Å². The zero-order valence-electron chi connectivity index (χ0n) is 10.4. The molecule has 0 amide bonds. The molecule has 1 unspecified atom stereocenters. The highest BCUT2D eigenvalue weighted by atomic mass is 19.4. The second-order valence-electron chi connectivity index (χ2n) is 4.56. The molecule has 3 rings (SSSR count). The van der Waals surface area contributed by atoms with Crippen LogP contribution < -0.4 is 10.1 Å². The van der Waals surface area contributed by atoms with E-state index in [-0.39, 0.29) is 6.10 Å². The van der Waals surface area contributed by atoms with Crippen LogP contribution in [-0.2, 0) is 12.7 Å². The Kier molecular flexibility index (Phi) is 3.17.